The molecule has 0 radical (unpaired) electrons. The molecule has 5 nitrogen and oxygen atoms in total. The van der Waals surface area contributed by atoms with E-state index >= 15 is 0 Å². The van der Waals surface area contributed by atoms with Crippen LogP contribution in [0.3, 0.4) is 0 Å². The molecule has 2 aromatic rings. The van der Waals surface area contributed by atoms with Crippen molar-refractivity contribution >= 4 is 17.8 Å². The highest BCUT2D eigenvalue weighted by atomic mass is 19.2. The van der Waals surface area contributed by atoms with E-state index in [9.17, 15) is 26.7 Å². The number of nitrogens with one attached hydrogen (secondary N) is 2. The lowest BCUT2D eigenvalue weighted by molar-refractivity contribution is -0.119. The molecule has 0 heterocycles. The molecule has 2 aromatic carbocycles. The third-order valence-electron chi connectivity index (χ3n) is 3.17. The van der Waals surface area contributed by atoms with Gasteiger partial charge in [-0.15, -0.1) is 0 Å². The highest BCUT2D eigenvalue weighted by Crippen LogP contribution is 2.21. The zero-order chi connectivity index (χ0) is 19.3. The van der Waals surface area contributed by atoms with Crippen LogP contribution in [0, 0.1) is 29.1 Å². The number of methoxy groups -OCH3 is 1. The largest absolute Gasteiger partial charge is 0.497 e. The van der Waals surface area contributed by atoms with Crippen molar-refractivity contribution < 1.29 is 31.5 Å². The van der Waals surface area contributed by atoms with Gasteiger partial charge in [0.2, 0.25) is 5.82 Å². The Kier molecular flexibility index (Phi) is 6.10. The molecule has 2 N–H and O–H groups in total. The number of nitrogens with zero attached hydrogens (tertiary/aromatic N) is 1. The van der Waals surface area contributed by atoms with Gasteiger partial charge in [-0.3, -0.25) is 4.79 Å². The minimum absolute atomic E-state index is 0.249. The predicted octanol–water partition coefficient (Wildman–Crippen LogP) is 2.95. The summed E-state index contributed by atoms with van der Waals surface area (Å²) in [5.41, 5.74) is 1.23. The van der Waals surface area contributed by atoms with E-state index < -0.39 is 40.6 Å². The van der Waals surface area contributed by atoms with Crippen molar-refractivity contribution in [1.82, 2.24) is 5.43 Å². The Balaban J connectivity index is 1.97. The molecule has 0 bridgehead atoms. The number of hydrogen-bond donors (Lipinski definition) is 2. The van der Waals surface area contributed by atoms with Gasteiger partial charge in [0.25, 0.3) is 5.91 Å². The molecule has 0 aliphatic carbocycles. The number of anilines is 1. The van der Waals surface area contributed by atoms with Crippen LogP contribution in [0.25, 0.3) is 0 Å². The van der Waals surface area contributed by atoms with Gasteiger partial charge in [0.05, 0.1) is 25.4 Å². The van der Waals surface area contributed by atoms with Crippen LogP contribution < -0.4 is 15.5 Å². The lowest BCUT2D eigenvalue weighted by Gasteiger charge is -2.06. The van der Waals surface area contributed by atoms with Crippen LogP contribution in [0.4, 0.5) is 27.6 Å². The second kappa shape index (κ2) is 8.28. The number of carbonyl (C=O) groups excluding carboxylic acids is 1. The van der Waals surface area contributed by atoms with E-state index in [1.807, 2.05) is 5.43 Å². The van der Waals surface area contributed by atoms with Gasteiger partial charge in [-0.2, -0.15) is 5.10 Å². The van der Waals surface area contributed by atoms with Crippen LogP contribution in [0.1, 0.15) is 5.56 Å². The number of rotatable bonds is 6. The summed E-state index contributed by atoms with van der Waals surface area (Å²) in [6.07, 6.45) is 0.335. The number of ether oxygens (including phenoxy) is 1. The Morgan fingerprint density at radius 1 is 1.00 bits per heavy atom. The first-order valence-electron chi connectivity index (χ1n) is 7.06. The van der Waals surface area contributed by atoms with Gasteiger partial charge in [-0.1, -0.05) is 0 Å². The number of halogens is 5. The third kappa shape index (κ3) is 4.26. The molecule has 138 valence electrons. The Hall–Kier alpha value is -3.17. The van der Waals surface area contributed by atoms with Crippen molar-refractivity contribution in [3.63, 3.8) is 0 Å². The average Bonchev–Trinajstić information content (AvgIpc) is 2.66. The highest BCUT2D eigenvalue weighted by molar-refractivity contribution is 5.84. The topological polar surface area (TPSA) is 62.7 Å². The average molecular weight is 373 g/mol. The minimum Gasteiger partial charge on any atom is -0.497 e. The SMILES string of the molecule is COc1ccc(NCC(=O)N/N=C/c2c(F)c(F)c(F)c(F)c2F)cc1. The van der Waals surface area contributed by atoms with Gasteiger partial charge in [0.1, 0.15) is 5.75 Å². The smallest absolute Gasteiger partial charge is 0.259 e. The maximum Gasteiger partial charge on any atom is 0.259 e. The summed E-state index contributed by atoms with van der Waals surface area (Å²) >= 11 is 0. The minimum atomic E-state index is -2.27. The second-order valence-electron chi connectivity index (χ2n) is 4.86. The molecule has 1 amide bonds. The normalized spacial score (nSPS) is 10.8. The van der Waals surface area contributed by atoms with Crippen LogP contribution in [-0.2, 0) is 4.79 Å². The molecular formula is C16H12F5N3O2. The molecule has 2 rings (SSSR count). The van der Waals surface area contributed by atoms with Gasteiger partial charge < -0.3 is 10.1 Å². The van der Waals surface area contributed by atoms with Crippen molar-refractivity contribution in [2.24, 2.45) is 5.10 Å². The van der Waals surface area contributed by atoms with Crippen molar-refractivity contribution in [2.75, 3.05) is 19.0 Å². The maximum absolute atomic E-state index is 13.4. The van der Waals surface area contributed by atoms with E-state index in [4.69, 9.17) is 4.74 Å². The van der Waals surface area contributed by atoms with Gasteiger partial charge in [-0.05, 0) is 24.3 Å². The van der Waals surface area contributed by atoms with E-state index in [0.717, 1.165) is 0 Å². The molecule has 0 unspecified atom stereocenters. The van der Waals surface area contributed by atoms with Gasteiger partial charge in [0, 0.05) is 5.69 Å². The summed E-state index contributed by atoms with van der Waals surface area (Å²) in [6, 6.07) is 6.59. The number of hydrazone groups is 1. The lowest BCUT2D eigenvalue weighted by Crippen LogP contribution is -2.26. The van der Waals surface area contributed by atoms with E-state index in [2.05, 4.69) is 10.4 Å². The van der Waals surface area contributed by atoms with Crippen LogP contribution >= 0.6 is 0 Å². The predicted molar refractivity (Wildman–Crippen MR) is 83.5 cm³/mol. The Labute approximate surface area is 144 Å². The molecule has 10 heteroatoms. The zero-order valence-corrected chi connectivity index (χ0v) is 13.2. The number of carbonyl (C=O) groups is 1. The summed E-state index contributed by atoms with van der Waals surface area (Å²) in [5.74, 6) is -10.7. The molecular weight excluding hydrogens is 361 g/mol. The lowest BCUT2D eigenvalue weighted by atomic mass is 10.2. The number of amides is 1. The summed E-state index contributed by atoms with van der Waals surface area (Å²) in [6.45, 7) is -0.249. The van der Waals surface area contributed by atoms with E-state index in [1.54, 1.807) is 24.3 Å². The summed E-state index contributed by atoms with van der Waals surface area (Å²) in [5, 5.41) is 5.93. The van der Waals surface area contributed by atoms with Crippen molar-refractivity contribution in [3.05, 3.63) is 58.9 Å². The van der Waals surface area contributed by atoms with Crippen LogP contribution in [0.15, 0.2) is 29.4 Å². The summed E-state index contributed by atoms with van der Waals surface area (Å²) in [4.78, 5) is 11.6. The first kappa shape index (κ1) is 19.2. The maximum atomic E-state index is 13.4. The van der Waals surface area contributed by atoms with Crippen LogP contribution in [-0.4, -0.2) is 25.8 Å². The van der Waals surface area contributed by atoms with E-state index in [1.165, 1.54) is 7.11 Å². The summed E-state index contributed by atoms with van der Waals surface area (Å²) in [7, 11) is 1.50. The van der Waals surface area contributed by atoms with E-state index in [0.29, 0.717) is 17.7 Å². The fourth-order valence-corrected chi connectivity index (χ4v) is 1.83. The number of hydrogen-bond acceptors (Lipinski definition) is 4. The van der Waals surface area contributed by atoms with E-state index in [-0.39, 0.29) is 6.54 Å². The van der Waals surface area contributed by atoms with Crippen molar-refractivity contribution in [2.45, 2.75) is 0 Å². The highest BCUT2D eigenvalue weighted by Gasteiger charge is 2.24. The summed E-state index contributed by atoms with van der Waals surface area (Å²) < 4.78 is 70.7. The van der Waals surface area contributed by atoms with Crippen molar-refractivity contribution in [1.29, 1.82) is 0 Å². The molecule has 0 spiro atoms. The second-order valence-corrected chi connectivity index (χ2v) is 4.86. The number of benzene rings is 2. The third-order valence-corrected chi connectivity index (χ3v) is 3.17. The molecule has 0 atom stereocenters. The van der Waals surface area contributed by atoms with Gasteiger partial charge >= 0.3 is 0 Å². The quantitative estimate of drug-likeness (QED) is 0.269. The molecule has 0 aliphatic heterocycles. The standard InChI is InChI=1S/C16H12F5N3O2/c1-26-9-4-2-8(3-5-9)22-7-11(25)24-23-6-10-12(17)14(19)16(21)15(20)13(10)18/h2-6,22H,7H2,1H3,(H,24,25)/b23-6+. The van der Waals surface area contributed by atoms with Crippen LogP contribution in [0.5, 0.6) is 5.75 Å². The fraction of sp³-hybridized carbons (Fsp3) is 0.125. The first-order chi connectivity index (χ1) is 12.3. The van der Waals surface area contributed by atoms with Gasteiger partial charge in [-0.25, -0.2) is 27.4 Å². The zero-order valence-electron chi connectivity index (χ0n) is 13.2. The Bertz CT molecular complexity index is 812. The molecule has 0 saturated carbocycles. The van der Waals surface area contributed by atoms with Crippen molar-refractivity contribution in [3.8, 4) is 5.75 Å². The first-order valence-corrected chi connectivity index (χ1v) is 7.06. The Morgan fingerprint density at radius 3 is 2.08 bits per heavy atom. The Morgan fingerprint density at radius 2 is 1.54 bits per heavy atom. The monoisotopic (exact) mass is 373 g/mol. The fourth-order valence-electron chi connectivity index (χ4n) is 1.83. The van der Waals surface area contributed by atoms with Gasteiger partial charge in [0.15, 0.2) is 23.3 Å². The molecule has 0 fully saturated rings. The molecule has 0 aliphatic rings. The van der Waals surface area contributed by atoms with Crippen LogP contribution in [0.2, 0.25) is 0 Å². The molecule has 0 aromatic heterocycles. The molecule has 26 heavy (non-hydrogen) atoms. The molecule has 0 saturated heterocycles.